The van der Waals surface area contributed by atoms with Gasteiger partial charge in [-0.25, -0.2) is 0 Å². The van der Waals surface area contributed by atoms with E-state index in [1.165, 1.54) is 92.3 Å². The first-order valence-electron chi connectivity index (χ1n) is 48.3. The van der Waals surface area contributed by atoms with Crippen LogP contribution in [0.5, 0.6) is 0 Å². The van der Waals surface area contributed by atoms with Gasteiger partial charge in [0.25, 0.3) is 0 Å². The fraction of sp³-hybridized carbons (Fsp3) is 0.395. The maximum Gasteiger partial charge on any atom is 0.0701 e. The van der Waals surface area contributed by atoms with Crippen LogP contribution in [0.4, 0.5) is 0 Å². The maximum absolute atomic E-state index is 4.18. The van der Waals surface area contributed by atoms with Crippen LogP contribution in [0, 0.1) is 0 Å². The van der Waals surface area contributed by atoms with Gasteiger partial charge in [0.05, 0.1) is 5.52 Å². The smallest absolute Gasteiger partial charge is 0.0701 e. The number of hydrogen-bond acceptors (Lipinski definition) is 2. The summed E-state index contributed by atoms with van der Waals surface area (Å²) in [7, 11) is 0. The van der Waals surface area contributed by atoms with Gasteiger partial charge in [0.2, 0.25) is 0 Å². The summed E-state index contributed by atoms with van der Waals surface area (Å²) in [6, 6.07) is 107. The number of pyridine rings is 2. The van der Waals surface area contributed by atoms with Crippen LogP contribution >= 0.6 is 0 Å². The predicted molar refractivity (Wildman–Crippen MR) is 582 cm³/mol. The lowest BCUT2D eigenvalue weighted by Gasteiger charge is -2.20. The normalized spacial score (nSPS) is 8.31. The van der Waals surface area contributed by atoms with E-state index in [2.05, 4.69) is 254 Å². The molecule has 0 radical (unpaired) electrons. The van der Waals surface area contributed by atoms with Crippen molar-refractivity contribution in [1.29, 1.82) is 0 Å². The fourth-order valence-corrected chi connectivity index (χ4v) is 10.1. The molecule has 0 saturated carbocycles. The highest BCUT2D eigenvalue weighted by molar-refractivity contribution is 6.22. The van der Waals surface area contributed by atoms with Crippen LogP contribution in [0.1, 0.15) is 330 Å². The summed E-state index contributed by atoms with van der Waals surface area (Å²) in [4.78, 5) is 7.97. The molecule has 1 aliphatic rings. The van der Waals surface area contributed by atoms with Crippen LogP contribution in [0.3, 0.4) is 0 Å². The molecule has 16 rings (SSSR count). The Bertz CT molecular complexity index is 3740. The molecule has 678 valence electrons. The Balaban J connectivity index is -0.0000000960. The minimum atomic E-state index is 0.160. The number of hydrogen-bond donors (Lipinski definition) is 0. The molecule has 0 saturated heterocycles. The Morgan fingerprint density at radius 2 is 0.364 bits per heavy atom. The monoisotopic (exact) mass is 1650 g/mol. The number of benzene rings is 13. The lowest BCUT2D eigenvalue weighted by Crippen LogP contribution is -2.14. The molecule has 2 aromatic heterocycles. The van der Waals surface area contributed by atoms with Gasteiger partial charge in [-0.1, -0.05) is 604 Å². The van der Waals surface area contributed by atoms with E-state index in [-0.39, 0.29) is 5.41 Å². The highest BCUT2D eigenvalue weighted by Gasteiger charge is 2.34. The Morgan fingerprint density at radius 3 is 0.620 bits per heavy atom. The van der Waals surface area contributed by atoms with Crippen molar-refractivity contribution in [3.63, 3.8) is 0 Å². The molecule has 121 heavy (non-hydrogen) atoms. The van der Waals surface area contributed by atoms with Crippen LogP contribution in [-0.2, 0) is 5.41 Å². The van der Waals surface area contributed by atoms with Gasteiger partial charge in [0, 0.05) is 29.4 Å². The molecule has 0 amide bonds. The van der Waals surface area contributed by atoms with Crippen molar-refractivity contribution in [3.8, 4) is 11.1 Å². The van der Waals surface area contributed by atoms with E-state index in [1.807, 2.05) is 390 Å². The summed E-state index contributed by atoms with van der Waals surface area (Å²) >= 11 is 0. The summed E-state index contributed by atoms with van der Waals surface area (Å²) < 4.78 is 0. The largest absolute Gasteiger partial charge is 0.265 e. The topological polar surface area (TPSA) is 25.8 Å². The predicted octanol–water partition coefficient (Wildman–Crippen LogP) is 43.0. The van der Waals surface area contributed by atoms with Gasteiger partial charge in [0.1, 0.15) is 0 Å². The second kappa shape index (κ2) is 117. The molecule has 0 aliphatic heterocycles. The minimum absolute atomic E-state index is 0.160. The third kappa shape index (κ3) is 58.0. The average Bonchev–Trinajstić information content (AvgIpc) is 1.04. The van der Waals surface area contributed by atoms with E-state index in [9.17, 15) is 0 Å². The quantitative estimate of drug-likeness (QED) is 0.141. The van der Waals surface area contributed by atoms with Gasteiger partial charge in [0.15, 0.2) is 0 Å². The zero-order chi connectivity index (χ0) is 96.5. The summed E-state index contributed by atoms with van der Waals surface area (Å²) in [6.45, 7) is 92.6. The van der Waals surface area contributed by atoms with Crippen LogP contribution in [0.15, 0.2) is 328 Å². The van der Waals surface area contributed by atoms with Crippen LogP contribution in [-0.4, -0.2) is 9.97 Å². The first kappa shape index (κ1) is 140. The number of aromatic nitrogens is 2. The third-order valence-electron chi connectivity index (χ3n) is 13.9. The highest BCUT2D eigenvalue weighted by Crippen LogP contribution is 2.48. The number of para-hydroxylation sites is 1. The second-order valence-electron chi connectivity index (χ2n) is 19.2. The first-order valence-corrected chi connectivity index (χ1v) is 48.3. The van der Waals surface area contributed by atoms with E-state index in [0.717, 1.165) is 5.52 Å². The van der Waals surface area contributed by atoms with Crippen molar-refractivity contribution >= 4 is 75.5 Å². The van der Waals surface area contributed by atoms with Gasteiger partial charge >= 0.3 is 0 Å². The SMILES string of the molecule is CC.CC.CC.CC.CC.CC.CC.CC.CC.CC.CC.CC.CC.CC.CC.CC.CC.CC.CC.CC.CC.CC.CC1(C)c2ccccc2-c2ccccc21.c1cc2ccc3cccc4ccc(c1)c2c34.c1ccc2c(c1)ccc1ccccc12.c1ccc2ccccc2c1.c1ccc2ncccc2c1.c1ccccc1.c1ccncc1. The zero-order valence-corrected chi connectivity index (χ0v) is 87.6. The first-order chi connectivity index (χ1) is 60.0. The number of rotatable bonds is 0. The Hall–Kier alpha value is -9.76. The molecule has 0 bridgehead atoms. The van der Waals surface area contributed by atoms with Gasteiger partial charge in [-0.3, -0.25) is 9.97 Å². The molecule has 15 aromatic rings. The molecule has 2 heterocycles. The Kier molecular flexibility index (Phi) is 135. The molecule has 2 nitrogen and oxygen atoms in total. The molecule has 0 fully saturated rings. The molecule has 0 unspecified atom stereocenters. The summed E-state index contributed by atoms with van der Waals surface area (Å²) in [5.74, 6) is 0. The third-order valence-corrected chi connectivity index (χ3v) is 13.9. The van der Waals surface area contributed by atoms with Crippen molar-refractivity contribution in [2.45, 2.75) is 324 Å². The van der Waals surface area contributed by atoms with Gasteiger partial charge in [-0.2, -0.15) is 0 Å². The molecule has 13 aromatic carbocycles. The Morgan fingerprint density at radius 1 is 0.157 bits per heavy atom. The molecule has 0 N–H and O–H groups in total. The van der Waals surface area contributed by atoms with Gasteiger partial charge in [-0.15, -0.1) is 0 Å². The van der Waals surface area contributed by atoms with Crippen LogP contribution < -0.4 is 0 Å². The maximum atomic E-state index is 4.18. The molecule has 2 heteroatoms. The molecule has 0 atom stereocenters. The van der Waals surface area contributed by atoms with E-state index < -0.39 is 0 Å². The molecular formula is C119H192N2. The van der Waals surface area contributed by atoms with Crippen molar-refractivity contribution in [3.05, 3.63) is 339 Å². The van der Waals surface area contributed by atoms with Crippen LogP contribution in [0.2, 0.25) is 0 Å². The second-order valence-corrected chi connectivity index (χ2v) is 19.2. The van der Waals surface area contributed by atoms with E-state index in [0.29, 0.717) is 0 Å². The zero-order valence-electron chi connectivity index (χ0n) is 87.6. The molecule has 0 spiro atoms. The van der Waals surface area contributed by atoms with E-state index in [1.54, 1.807) is 12.4 Å². The standard InChI is InChI=1S/C16H10.C15H14.C14H10.C10H8.C9H7N.C6H6.C5H5N.22C2H6/c1-3-11-7-9-13-5-2-6-14-10-8-12(4-1)15(11)16(13)14;1-15(2)13-9-5-3-7-11(13)12-8-4-6-10-14(12)15;1-3-7-13-11(5-1)9-10-12-6-2-4-8-14(12)13;1-2-6-10-8-4-3-7-9(10)5-1;1-2-6-9-8(4-1)5-3-7-10-9;2*1-2-4-6-5-3-1;22*1-2/h1-10H;3-10H,1-2H3;1-10H;1-8H;1-7H;1-6H;1-5H;22*1-2H3. The van der Waals surface area contributed by atoms with Crippen molar-refractivity contribution < 1.29 is 0 Å². The van der Waals surface area contributed by atoms with Gasteiger partial charge in [-0.05, 0) is 111 Å². The highest BCUT2D eigenvalue weighted by atomic mass is 14.6. The number of nitrogens with zero attached hydrogens (tertiary/aromatic N) is 2. The summed E-state index contributed by atoms with van der Waals surface area (Å²) in [6.07, 6.45) is 5.31. The van der Waals surface area contributed by atoms with Crippen molar-refractivity contribution in [2.24, 2.45) is 0 Å². The Labute approximate surface area is 754 Å². The lowest BCUT2D eigenvalue weighted by molar-refractivity contribution is 0.660. The summed E-state index contributed by atoms with van der Waals surface area (Å²) in [5, 5.41) is 17.3. The average molecular weight is 1650 g/mol. The number of fused-ring (bicyclic) bond motifs is 8. The summed E-state index contributed by atoms with van der Waals surface area (Å²) in [5.41, 5.74) is 6.92. The van der Waals surface area contributed by atoms with Gasteiger partial charge < -0.3 is 0 Å². The van der Waals surface area contributed by atoms with Crippen molar-refractivity contribution in [2.75, 3.05) is 0 Å². The fourth-order valence-electron chi connectivity index (χ4n) is 10.1. The van der Waals surface area contributed by atoms with E-state index >= 15 is 0 Å². The molecular weight excluding hydrogens is 1460 g/mol. The lowest BCUT2D eigenvalue weighted by atomic mass is 9.82. The van der Waals surface area contributed by atoms with E-state index in [4.69, 9.17) is 0 Å². The minimum Gasteiger partial charge on any atom is -0.265 e. The van der Waals surface area contributed by atoms with Crippen LogP contribution in [0.25, 0.3) is 86.7 Å². The van der Waals surface area contributed by atoms with Crippen molar-refractivity contribution in [1.82, 2.24) is 9.97 Å². The molecule has 1 aliphatic carbocycles.